The molecule has 27 heavy (non-hydrogen) atoms. The minimum Gasteiger partial charge on any atom is -0.273 e. The number of hydrogen-bond acceptors (Lipinski definition) is 4. The Balaban J connectivity index is 1.65. The van der Waals surface area contributed by atoms with Crippen LogP contribution in [-0.4, -0.2) is 24.2 Å². The Morgan fingerprint density at radius 1 is 0.778 bits per heavy atom. The molecule has 0 aliphatic heterocycles. The maximum absolute atomic E-state index is 13.4. The molecule has 0 atom stereocenters. The van der Waals surface area contributed by atoms with Gasteiger partial charge in [0, 0.05) is 24.0 Å². The molecule has 0 bridgehead atoms. The summed E-state index contributed by atoms with van der Waals surface area (Å²) in [6.45, 7) is 0. The Morgan fingerprint density at radius 3 is 1.59 bits per heavy atom. The lowest BCUT2D eigenvalue weighted by Crippen LogP contribution is -2.20. The van der Waals surface area contributed by atoms with Gasteiger partial charge in [0.1, 0.15) is 11.6 Å². The fourth-order valence-corrected chi connectivity index (χ4v) is 2.03. The highest BCUT2D eigenvalue weighted by molar-refractivity contribution is 5.84. The lowest BCUT2D eigenvalue weighted by molar-refractivity contribution is -0.122. The van der Waals surface area contributed by atoms with Crippen LogP contribution in [0.4, 0.5) is 8.78 Å². The Morgan fingerprint density at radius 2 is 1.19 bits per heavy atom. The lowest BCUT2D eigenvalue weighted by Gasteiger charge is -2.01. The molecule has 0 radical (unpaired) electrons. The summed E-state index contributed by atoms with van der Waals surface area (Å²) in [5, 5.41) is 7.33. The van der Waals surface area contributed by atoms with Gasteiger partial charge >= 0.3 is 0 Å². The summed E-state index contributed by atoms with van der Waals surface area (Å²) in [6.07, 6.45) is 2.83. The zero-order valence-corrected chi connectivity index (χ0v) is 14.4. The summed E-state index contributed by atoms with van der Waals surface area (Å²) in [5.41, 5.74) is 5.04. The second-order valence-electron chi connectivity index (χ2n) is 5.48. The Hall–Kier alpha value is -3.42. The number of benzene rings is 2. The molecule has 2 rings (SSSR count). The lowest BCUT2D eigenvalue weighted by atomic mass is 10.2. The topological polar surface area (TPSA) is 82.9 Å². The van der Waals surface area contributed by atoms with Gasteiger partial charge in [0.25, 0.3) is 0 Å². The van der Waals surface area contributed by atoms with Crippen molar-refractivity contribution in [1.29, 1.82) is 0 Å². The fraction of sp³-hybridized carbons (Fsp3) is 0.158. The minimum atomic E-state index is -0.442. The van der Waals surface area contributed by atoms with Crippen LogP contribution in [0.1, 0.15) is 30.4 Å². The number of nitrogens with zero attached hydrogens (tertiary/aromatic N) is 2. The Kier molecular flexibility index (Phi) is 7.77. The van der Waals surface area contributed by atoms with Crippen LogP contribution in [0.2, 0.25) is 0 Å². The number of carbonyl (C=O) groups is 2. The van der Waals surface area contributed by atoms with Crippen LogP contribution >= 0.6 is 0 Å². The van der Waals surface area contributed by atoms with E-state index in [-0.39, 0.29) is 30.4 Å². The number of hydrazone groups is 2. The molecule has 0 spiro atoms. The van der Waals surface area contributed by atoms with Gasteiger partial charge in [0.2, 0.25) is 11.8 Å². The first kappa shape index (κ1) is 19.9. The maximum atomic E-state index is 13.4. The van der Waals surface area contributed by atoms with Crippen LogP contribution in [0.25, 0.3) is 0 Å². The molecule has 0 aromatic heterocycles. The summed E-state index contributed by atoms with van der Waals surface area (Å²) >= 11 is 0. The van der Waals surface area contributed by atoms with E-state index in [0.29, 0.717) is 0 Å². The highest BCUT2D eigenvalue weighted by Gasteiger charge is 2.04. The number of hydrogen-bond donors (Lipinski definition) is 2. The van der Waals surface area contributed by atoms with E-state index in [4.69, 9.17) is 0 Å². The van der Waals surface area contributed by atoms with Crippen molar-refractivity contribution in [2.24, 2.45) is 10.2 Å². The number of halogens is 2. The first-order chi connectivity index (χ1) is 13.1. The Bertz CT molecular complexity index is 784. The van der Waals surface area contributed by atoms with E-state index >= 15 is 0 Å². The molecule has 0 saturated heterocycles. The molecule has 0 fully saturated rings. The average Bonchev–Trinajstić information content (AvgIpc) is 2.65. The highest BCUT2D eigenvalue weighted by atomic mass is 19.1. The van der Waals surface area contributed by atoms with E-state index in [1.54, 1.807) is 24.3 Å². The van der Waals surface area contributed by atoms with Crippen LogP contribution in [0.15, 0.2) is 58.7 Å². The van der Waals surface area contributed by atoms with Gasteiger partial charge in [-0.05, 0) is 18.6 Å². The van der Waals surface area contributed by atoms with Gasteiger partial charge in [0.05, 0.1) is 12.4 Å². The van der Waals surface area contributed by atoms with E-state index in [9.17, 15) is 18.4 Å². The van der Waals surface area contributed by atoms with Crippen molar-refractivity contribution in [3.63, 3.8) is 0 Å². The molecule has 0 unspecified atom stereocenters. The van der Waals surface area contributed by atoms with Crippen molar-refractivity contribution >= 4 is 24.2 Å². The van der Waals surface area contributed by atoms with Crippen molar-refractivity contribution in [1.82, 2.24) is 10.9 Å². The van der Waals surface area contributed by atoms with Crippen LogP contribution in [0.5, 0.6) is 0 Å². The molecule has 0 aliphatic rings. The van der Waals surface area contributed by atoms with Gasteiger partial charge in [-0.3, -0.25) is 9.59 Å². The largest absolute Gasteiger partial charge is 0.273 e. The molecular formula is C19H18F2N4O2. The van der Waals surface area contributed by atoms with E-state index in [2.05, 4.69) is 21.1 Å². The average molecular weight is 372 g/mol. The predicted octanol–water partition coefficient (Wildman–Crippen LogP) is 2.74. The van der Waals surface area contributed by atoms with Gasteiger partial charge in [-0.15, -0.1) is 0 Å². The van der Waals surface area contributed by atoms with Crippen molar-refractivity contribution in [3.05, 3.63) is 71.3 Å². The molecule has 2 N–H and O–H groups in total. The first-order valence-electron chi connectivity index (χ1n) is 8.19. The van der Waals surface area contributed by atoms with Gasteiger partial charge in [0.15, 0.2) is 0 Å². The van der Waals surface area contributed by atoms with E-state index in [0.717, 1.165) is 0 Å². The molecule has 2 amide bonds. The van der Waals surface area contributed by atoms with Crippen LogP contribution in [-0.2, 0) is 9.59 Å². The number of amides is 2. The third-order valence-electron chi connectivity index (χ3n) is 3.40. The summed E-state index contributed by atoms with van der Waals surface area (Å²) in [4.78, 5) is 23.2. The van der Waals surface area contributed by atoms with Gasteiger partial charge in [-0.2, -0.15) is 10.2 Å². The molecule has 0 saturated carbocycles. The molecule has 0 aliphatic carbocycles. The number of nitrogens with one attached hydrogen (secondary N) is 2. The van der Waals surface area contributed by atoms with Gasteiger partial charge in [-0.1, -0.05) is 36.4 Å². The van der Waals surface area contributed by atoms with Crippen LogP contribution in [0, 0.1) is 11.6 Å². The fourth-order valence-electron chi connectivity index (χ4n) is 2.03. The molecule has 8 heteroatoms. The van der Waals surface area contributed by atoms with Crippen LogP contribution < -0.4 is 10.9 Å². The molecule has 140 valence electrons. The zero-order chi connectivity index (χ0) is 19.5. The zero-order valence-electron chi connectivity index (χ0n) is 14.4. The summed E-state index contributed by atoms with van der Waals surface area (Å²) in [5.74, 6) is -1.68. The third-order valence-corrected chi connectivity index (χ3v) is 3.40. The molecule has 6 nitrogen and oxygen atoms in total. The smallest absolute Gasteiger partial charge is 0.240 e. The molecule has 2 aromatic carbocycles. The monoisotopic (exact) mass is 372 g/mol. The predicted molar refractivity (Wildman–Crippen MR) is 98.1 cm³/mol. The van der Waals surface area contributed by atoms with Crippen molar-refractivity contribution in [2.75, 3.05) is 0 Å². The third kappa shape index (κ3) is 7.15. The van der Waals surface area contributed by atoms with E-state index in [1.807, 2.05) is 0 Å². The SMILES string of the molecule is O=C(CCCC(=O)NN=Cc1ccccc1F)NN=Cc1ccccc1F. The summed E-state index contributed by atoms with van der Waals surface area (Å²) in [7, 11) is 0. The van der Waals surface area contributed by atoms with Gasteiger partial charge < -0.3 is 0 Å². The molecule has 2 aromatic rings. The maximum Gasteiger partial charge on any atom is 0.240 e. The standard InChI is InChI=1S/C19H18F2N4O2/c20-16-8-3-1-6-14(16)12-22-24-18(26)10-5-11-19(27)25-23-13-15-7-2-4-9-17(15)21/h1-4,6-9,12-13H,5,10-11H2,(H,24,26)(H,25,27). The summed E-state index contributed by atoms with van der Waals surface area (Å²) < 4.78 is 26.7. The second-order valence-corrected chi connectivity index (χ2v) is 5.48. The first-order valence-corrected chi connectivity index (χ1v) is 8.19. The quantitative estimate of drug-likeness (QED) is 0.552. The highest BCUT2D eigenvalue weighted by Crippen LogP contribution is 2.03. The molecule has 0 heterocycles. The van der Waals surface area contributed by atoms with E-state index in [1.165, 1.54) is 36.7 Å². The van der Waals surface area contributed by atoms with Crippen LogP contribution in [0.3, 0.4) is 0 Å². The summed E-state index contributed by atoms with van der Waals surface area (Å²) in [6, 6.07) is 12.0. The van der Waals surface area contributed by atoms with E-state index < -0.39 is 23.4 Å². The van der Waals surface area contributed by atoms with Crippen molar-refractivity contribution in [2.45, 2.75) is 19.3 Å². The Labute approximate surface area is 155 Å². The van der Waals surface area contributed by atoms with Crippen molar-refractivity contribution < 1.29 is 18.4 Å². The minimum absolute atomic E-state index is 0.0685. The number of carbonyl (C=O) groups excluding carboxylic acids is 2. The van der Waals surface area contributed by atoms with Crippen molar-refractivity contribution in [3.8, 4) is 0 Å². The normalized spacial score (nSPS) is 11.0. The van der Waals surface area contributed by atoms with Gasteiger partial charge in [-0.25, -0.2) is 19.6 Å². The number of rotatable bonds is 8. The molecular weight excluding hydrogens is 354 g/mol. The second kappa shape index (κ2) is 10.5.